The van der Waals surface area contributed by atoms with Gasteiger partial charge in [0.2, 0.25) is 11.7 Å². The van der Waals surface area contributed by atoms with Gasteiger partial charge in [-0.25, -0.2) is 4.98 Å². The molecule has 0 saturated heterocycles. The first-order valence-corrected chi connectivity index (χ1v) is 11.5. The van der Waals surface area contributed by atoms with Crippen molar-refractivity contribution in [3.8, 4) is 34.7 Å². The van der Waals surface area contributed by atoms with E-state index in [9.17, 15) is 15.0 Å². The first kappa shape index (κ1) is 26.0. The third kappa shape index (κ3) is 6.52. The molecule has 11 heteroatoms. The second-order valence-corrected chi connectivity index (χ2v) is 7.99. The highest BCUT2D eigenvalue weighted by Crippen LogP contribution is 2.31. The number of primary amides is 1. The maximum Gasteiger partial charge on any atom is 0.317 e. The van der Waals surface area contributed by atoms with Gasteiger partial charge in [-0.05, 0) is 56.0 Å². The molecule has 1 amide bonds. The highest BCUT2D eigenvalue weighted by molar-refractivity contribution is 5.78. The lowest BCUT2D eigenvalue weighted by Gasteiger charge is -2.18. The van der Waals surface area contributed by atoms with E-state index in [1.165, 1.54) is 0 Å². The Morgan fingerprint density at radius 3 is 2.51 bits per heavy atom. The number of aromatic nitrogens is 4. The van der Waals surface area contributed by atoms with Crippen LogP contribution in [0.2, 0.25) is 0 Å². The van der Waals surface area contributed by atoms with Gasteiger partial charge in [-0.2, -0.15) is 9.97 Å². The van der Waals surface area contributed by atoms with Crippen LogP contribution in [0.3, 0.4) is 0 Å². The molecule has 188 valence electrons. The van der Waals surface area contributed by atoms with Crippen LogP contribution in [0, 0.1) is 6.92 Å². The van der Waals surface area contributed by atoms with E-state index in [0.29, 0.717) is 36.7 Å². The Kier molecular flexibility index (Phi) is 8.72. The molecule has 0 bridgehead atoms. The monoisotopic (exact) mass is 485 g/mol. The summed E-state index contributed by atoms with van der Waals surface area (Å²) in [4.78, 5) is 24.2. The van der Waals surface area contributed by atoms with Crippen LogP contribution < -0.4 is 15.2 Å². The normalized spacial score (nSPS) is 12.9. The molecule has 2 aromatic heterocycles. The number of benzene rings is 1. The molecule has 0 radical (unpaired) electrons. The molecule has 0 aliphatic carbocycles. The molecule has 2 atom stereocenters. The number of carbonyl (C=O) groups is 1. The number of amides is 1. The van der Waals surface area contributed by atoms with Crippen molar-refractivity contribution < 1.29 is 29.0 Å². The zero-order valence-corrected chi connectivity index (χ0v) is 20.3. The zero-order valence-electron chi connectivity index (χ0n) is 20.3. The van der Waals surface area contributed by atoms with Gasteiger partial charge in [0.1, 0.15) is 24.2 Å². The van der Waals surface area contributed by atoms with Crippen LogP contribution in [0.1, 0.15) is 44.0 Å². The van der Waals surface area contributed by atoms with Gasteiger partial charge in [-0.15, -0.1) is 0 Å². The lowest BCUT2D eigenvalue weighted by molar-refractivity contribution is -0.127. The number of carbonyl (C=O) groups excluding carboxylic acids is 1. The van der Waals surface area contributed by atoms with Gasteiger partial charge in [-0.3, -0.25) is 4.79 Å². The maximum atomic E-state index is 11.0. The van der Waals surface area contributed by atoms with E-state index in [0.717, 1.165) is 22.4 Å². The van der Waals surface area contributed by atoms with Crippen LogP contribution in [-0.4, -0.2) is 61.7 Å². The minimum Gasteiger partial charge on any atom is -0.490 e. The lowest BCUT2D eigenvalue weighted by atomic mass is 10.0. The van der Waals surface area contributed by atoms with Crippen molar-refractivity contribution in [2.45, 2.75) is 59.2 Å². The highest BCUT2D eigenvalue weighted by Gasteiger charge is 2.20. The summed E-state index contributed by atoms with van der Waals surface area (Å²) >= 11 is 0. The minimum absolute atomic E-state index is 0.0977. The average Bonchev–Trinajstić information content (AvgIpc) is 3.33. The van der Waals surface area contributed by atoms with Gasteiger partial charge in [0, 0.05) is 17.7 Å². The fourth-order valence-corrected chi connectivity index (χ4v) is 3.47. The van der Waals surface area contributed by atoms with Crippen molar-refractivity contribution in [1.29, 1.82) is 0 Å². The van der Waals surface area contributed by atoms with Crippen molar-refractivity contribution in [2.75, 3.05) is 13.2 Å². The minimum atomic E-state index is -1.43. The molecule has 3 rings (SSSR count). The quantitative estimate of drug-likeness (QED) is 0.345. The van der Waals surface area contributed by atoms with Crippen LogP contribution in [-0.2, 0) is 17.6 Å². The molecular formula is C24H31N5O6. The molecule has 1 aromatic carbocycles. The van der Waals surface area contributed by atoms with Gasteiger partial charge in [-0.1, -0.05) is 19.0 Å². The van der Waals surface area contributed by atoms with Crippen molar-refractivity contribution >= 4 is 5.91 Å². The van der Waals surface area contributed by atoms with Crippen molar-refractivity contribution in [1.82, 2.24) is 20.1 Å². The summed E-state index contributed by atoms with van der Waals surface area (Å²) < 4.78 is 16.8. The number of nitrogens with zero attached hydrogens (tertiary/aromatic N) is 4. The van der Waals surface area contributed by atoms with Crippen LogP contribution in [0.15, 0.2) is 22.7 Å². The summed E-state index contributed by atoms with van der Waals surface area (Å²) in [6, 6.07) is 5.80. The topological polar surface area (TPSA) is 167 Å². The number of ether oxygens (including phenoxy) is 2. The number of nitrogens with two attached hydrogens (primary N) is 1. The van der Waals surface area contributed by atoms with Crippen molar-refractivity contribution in [3.63, 3.8) is 0 Å². The van der Waals surface area contributed by atoms with E-state index < -0.39 is 18.1 Å². The molecule has 2 heterocycles. The van der Waals surface area contributed by atoms with E-state index in [2.05, 4.69) is 20.1 Å². The standard InChI is InChI=1S/C24H31N5O6/c1-5-14-9-15(8-13(4)20(14)34-12-17(30)11-19(31)21(25)32)22-28-23(35-29-22)18-10-16(6-2)26-24(27-18)33-7-3/h8-10,17,19,30-31H,5-7,11-12H2,1-4H3,(H2,25,32)/t17-,19?/m0/s1. The first-order valence-electron chi connectivity index (χ1n) is 11.5. The first-order chi connectivity index (χ1) is 16.7. The fourth-order valence-electron chi connectivity index (χ4n) is 3.47. The predicted octanol–water partition coefficient (Wildman–Crippen LogP) is 2.00. The second kappa shape index (κ2) is 11.7. The zero-order chi connectivity index (χ0) is 25.5. The van der Waals surface area contributed by atoms with E-state index >= 15 is 0 Å². The Morgan fingerprint density at radius 1 is 1.09 bits per heavy atom. The number of hydrogen-bond acceptors (Lipinski definition) is 10. The number of aliphatic hydroxyl groups is 2. The molecule has 11 nitrogen and oxygen atoms in total. The Hall–Kier alpha value is -3.57. The smallest absolute Gasteiger partial charge is 0.317 e. The Balaban J connectivity index is 1.83. The number of aliphatic hydroxyl groups excluding tert-OH is 2. The SMILES string of the molecule is CCOc1nc(CC)cc(-c2nc(-c3cc(C)c(OC[C@@H](O)CC(O)C(N)=O)c(CC)c3)no2)n1. The highest BCUT2D eigenvalue weighted by atomic mass is 16.5. The Bertz CT molecular complexity index is 1170. The molecule has 0 fully saturated rings. The Labute approximate surface area is 203 Å². The molecule has 35 heavy (non-hydrogen) atoms. The summed E-state index contributed by atoms with van der Waals surface area (Å²) in [6.07, 6.45) is -1.33. The maximum absolute atomic E-state index is 11.0. The summed E-state index contributed by atoms with van der Waals surface area (Å²) in [7, 11) is 0. The van der Waals surface area contributed by atoms with Gasteiger partial charge in [0.15, 0.2) is 0 Å². The number of rotatable bonds is 12. The van der Waals surface area contributed by atoms with Gasteiger partial charge in [0.05, 0.1) is 12.7 Å². The van der Waals surface area contributed by atoms with Gasteiger partial charge >= 0.3 is 6.01 Å². The molecule has 3 aromatic rings. The third-order valence-electron chi connectivity index (χ3n) is 5.27. The van der Waals surface area contributed by atoms with Crippen LogP contribution >= 0.6 is 0 Å². The predicted molar refractivity (Wildman–Crippen MR) is 127 cm³/mol. The van der Waals surface area contributed by atoms with E-state index in [1.807, 2.05) is 39.8 Å². The van der Waals surface area contributed by atoms with Crippen LogP contribution in [0.4, 0.5) is 0 Å². The van der Waals surface area contributed by atoms with Crippen LogP contribution in [0.5, 0.6) is 11.8 Å². The molecule has 1 unspecified atom stereocenters. The Morgan fingerprint density at radius 2 is 1.86 bits per heavy atom. The second-order valence-electron chi connectivity index (χ2n) is 7.99. The van der Waals surface area contributed by atoms with E-state index in [-0.39, 0.29) is 24.9 Å². The number of aryl methyl sites for hydroxylation is 3. The summed E-state index contributed by atoms with van der Waals surface area (Å²) in [5.41, 5.74) is 8.74. The average molecular weight is 486 g/mol. The molecule has 0 saturated carbocycles. The fraction of sp³-hybridized carbons (Fsp3) is 0.458. The van der Waals surface area contributed by atoms with Crippen molar-refractivity contribution in [3.05, 3.63) is 35.0 Å². The van der Waals surface area contributed by atoms with Crippen molar-refractivity contribution in [2.24, 2.45) is 5.73 Å². The summed E-state index contributed by atoms with van der Waals surface area (Å²) in [5.74, 6) is 0.367. The number of hydrogen-bond donors (Lipinski definition) is 3. The molecule has 4 N–H and O–H groups in total. The molecular weight excluding hydrogens is 454 g/mol. The lowest BCUT2D eigenvalue weighted by Crippen LogP contribution is -2.33. The van der Waals surface area contributed by atoms with Gasteiger partial charge in [0.25, 0.3) is 5.89 Å². The van der Waals surface area contributed by atoms with Gasteiger partial charge < -0.3 is 29.9 Å². The molecule has 0 spiro atoms. The summed E-state index contributed by atoms with van der Waals surface area (Å²) in [6.45, 7) is 8.04. The largest absolute Gasteiger partial charge is 0.490 e. The third-order valence-corrected chi connectivity index (χ3v) is 5.27. The van der Waals surface area contributed by atoms with Crippen LogP contribution in [0.25, 0.3) is 23.0 Å². The molecule has 0 aliphatic heterocycles. The van der Waals surface area contributed by atoms with E-state index in [1.54, 1.807) is 6.07 Å². The molecule has 0 aliphatic rings. The summed E-state index contributed by atoms with van der Waals surface area (Å²) in [5, 5.41) is 23.7. The van der Waals surface area contributed by atoms with E-state index in [4.69, 9.17) is 19.7 Å².